The van der Waals surface area contributed by atoms with E-state index in [0.717, 1.165) is 21.3 Å². The van der Waals surface area contributed by atoms with Gasteiger partial charge in [-0.3, -0.25) is 0 Å². The molecular formula is C16H18BrClFNO. The van der Waals surface area contributed by atoms with Gasteiger partial charge in [0.2, 0.25) is 0 Å². The molecule has 0 aromatic heterocycles. The Hall–Kier alpha value is -1.10. The number of hydrogen-bond acceptors (Lipinski definition) is 2. The Morgan fingerprint density at radius 2 is 1.81 bits per heavy atom. The molecule has 2 aromatic carbocycles. The van der Waals surface area contributed by atoms with E-state index in [0.29, 0.717) is 19.7 Å². The fourth-order valence-electron chi connectivity index (χ4n) is 1.93. The Bertz CT molecular complexity index is 563. The van der Waals surface area contributed by atoms with Gasteiger partial charge in [0.1, 0.15) is 11.6 Å². The lowest BCUT2D eigenvalue weighted by atomic mass is 10.2. The van der Waals surface area contributed by atoms with E-state index < -0.39 is 0 Å². The molecule has 0 fully saturated rings. The zero-order valence-electron chi connectivity index (χ0n) is 11.7. The van der Waals surface area contributed by atoms with E-state index >= 15 is 0 Å². The molecular weight excluding hydrogens is 357 g/mol. The van der Waals surface area contributed by atoms with Crippen LogP contribution < -0.4 is 10.1 Å². The Kier molecular flexibility index (Phi) is 7.72. The van der Waals surface area contributed by atoms with Crippen LogP contribution in [0.25, 0.3) is 0 Å². The van der Waals surface area contributed by atoms with Gasteiger partial charge in [-0.05, 0) is 42.8 Å². The number of hydrogen-bond donors (Lipinski definition) is 1. The highest BCUT2D eigenvalue weighted by molar-refractivity contribution is 9.10. The molecule has 0 amide bonds. The maximum absolute atomic E-state index is 12.8. The molecule has 0 aliphatic carbocycles. The van der Waals surface area contributed by atoms with Crippen LogP contribution in [0.1, 0.15) is 18.1 Å². The zero-order valence-corrected chi connectivity index (χ0v) is 14.1. The van der Waals surface area contributed by atoms with Crippen molar-refractivity contribution < 1.29 is 9.13 Å². The fraction of sp³-hybridized carbons (Fsp3) is 0.250. The van der Waals surface area contributed by atoms with E-state index in [2.05, 4.69) is 21.2 Å². The van der Waals surface area contributed by atoms with E-state index in [9.17, 15) is 4.39 Å². The van der Waals surface area contributed by atoms with Gasteiger partial charge >= 0.3 is 0 Å². The van der Waals surface area contributed by atoms with E-state index in [-0.39, 0.29) is 18.2 Å². The van der Waals surface area contributed by atoms with Gasteiger partial charge in [0.05, 0.1) is 6.61 Å². The first kappa shape index (κ1) is 18.0. The van der Waals surface area contributed by atoms with Crippen molar-refractivity contribution in [1.29, 1.82) is 0 Å². The number of nitrogens with one attached hydrogen (secondary N) is 1. The van der Waals surface area contributed by atoms with Crippen LogP contribution in [-0.4, -0.2) is 6.61 Å². The lowest BCUT2D eigenvalue weighted by molar-refractivity contribution is 0.335. The molecule has 0 bridgehead atoms. The first-order chi connectivity index (χ1) is 9.69. The van der Waals surface area contributed by atoms with Crippen molar-refractivity contribution in [2.75, 3.05) is 6.61 Å². The summed E-state index contributed by atoms with van der Waals surface area (Å²) in [5.74, 6) is 0.682. The maximum atomic E-state index is 12.8. The van der Waals surface area contributed by atoms with Crippen molar-refractivity contribution in [3.8, 4) is 5.75 Å². The molecule has 2 nitrogen and oxygen atoms in total. The third kappa shape index (κ3) is 5.65. The van der Waals surface area contributed by atoms with Gasteiger partial charge < -0.3 is 10.1 Å². The highest BCUT2D eigenvalue weighted by atomic mass is 79.9. The molecule has 0 spiro atoms. The molecule has 1 N–H and O–H groups in total. The van der Waals surface area contributed by atoms with Gasteiger partial charge in [0.25, 0.3) is 0 Å². The summed E-state index contributed by atoms with van der Waals surface area (Å²) in [5.41, 5.74) is 2.16. The molecule has 0 heterocycles. The minimum atomic E-state index is -0.209. The van der Waals surface area contributed by atoms with Gasteiger partial charge in [-0.15, -0.1) is 12.4 Å². The normalized spacial score (nSPS) is 10.0. The minimum Gasteiger partial charge on any atom is -0.494 e. The fourth-order valence-corrected chi connectivity index (χ4v) is 2.33. The molecule has 2 aromatic rings. The highest BCUT2D eigenvalue weighted by Crippen LogP contribution is 2.23. The number of rotatable bonds is 6. The van der Waals surface area contributed by atoms with Gasteiger partial charge in [-0.1, -0.05) is 28.1 Å². The summed E-state index contributed by atoms with van der Waals surface area (Å²) in [6.07, 6.45) is 0. The third-order valence-corrected chi connectivity index (χ3v) is 3.37. The van der Waals surface area contributed by atoms with Crippen LogP contribution in [0.3, 0.4) is 0 Å². The van der Waals surface area contributed by atoms with Crippen molar-refractivity contribution in [2.24, 2.45) is 0 Å². The smallest absolute Gasteiger partial charge is 0.123 e. The summed E-state index contributed by atoms with van der Waals surface area (Å²) < 4.78 is 19.4. The monoisotopic (exact) mass is 373 g/mol. The van der Waals surface area contributed by atoms with Crippen molar-refractivity contribution in [3.05, 3.63) is 63.9 Å². The Morgan fingerprint density at radius 3 is 2.48 bits per heavy atom. The number of ether oxygens (including phenoxy) is 1. The molecule has 2 rings (SSSR count). The van der Waals surface area contributed by atoms with Gasteiger partial charge in [0.15, 0.2) is 0 Å². The highest BCUT2D eigenvalue weighted by Gasteiger charge is 2.04. The second-order valence-electron chi connectivity index (χ2n) is 4.42. The summed E-state index contributed by atoms with van der Waals surface area (Å²) in [7, 11) is 0. The van der Waals surface area contributed by atoms with E-state index in [1.807, 2.05) is 25.1 Å². The summed E-state index contributed by atoms with van der Waals surface area (Å²) in [6.45, 7) is 4.01. The first-order valence-electron chi connectivity index (χ1n) is 6.55. The van der Waals surface area contributed by atoms with Crippen molar-refractivity contribution >= 4 is 28.3 Å². The number of halogens is 3. The van der Waals surface area contributed by atoms with E-state index in [1.54, 1.807) is 12.1 Å². The van der Waals surface area contributed by atoms with Crippen LogP contribution in [-0.2, 0) is 13.1 Å². The summed E-state index contributed by atoms with van der Waals surface area (Å²) in [6, 6.07) is 12.5. The lowest BCUT2D eigenvalue weighted by Gasteiger charge is -2.11. The molecule has 114 valence electrons. The SMILES string of the molecule is CCOc1ccc(Br)cc1CNCc1ccc(F)cc1.Cl. The Balaban J connectivity index is 0.00000220. The Morgan fingerprint density at radius 1 is 1.10 bits per heavy atom. The van der Waals surface area contributed by atoms with Crippen molar-refractivity contribution in [3.63, 3.8) is 0 Å². The minimum absolute atomic E-state index is 0. The lowest BCUT2D eigenvalue weighted by Crippen LogP contribution is -2.13. The van der Waals surface area contributed by atoms with Gasteiger partial charge in [0, 0.05) is 23.1 Å². The first-order valence-corrected chi connectivity index (χ1v) is 7.34. The van der Waals surface area contributed by atoms with Crippen LogP contribution in [0.4, 0.5) is 4.39 Å². The Labute approximate surface area is 139 Å². The molecule has 0 radical (unpaired) electrons. The molecule has 0 saturated heterocycles. The molecule has 21 heavy (non-hydrogen) atoms. The molecule has 0 saturated carbocycles. The predicted octanol–water partition coefficient (Wildman–Crippen LogP) is 4.70. The van der Waals surface area contributed by atoms with Crippen molar-refractivity contribution in [2.45, 2.75) is 20.0 Å². The average Bonchev–Trinajstić information content (AvgIpc) is 2.44. The topological polar surface area (TPSA) is 21.3 Å². The third-order valence-electron chi connectivity index (χ3n) is 2.88. The van der Waals surface area contributed by atoms with E-state index in [4.69, 9.17) is 4.74 Å². The predicted molar refractivity (Wildman–Crippen MR) is 89.5 cm³/mol. The summed E-state index contributed by atoms with van der Waals surface area (Å²) in [5, 5.41) is 3.34. The van der Waals surface area contributed by atoms with Gasteiger partial charge in [-0.2, -0.15) is 0 Å². The summed E-state index contributed by atoms with van der Waals surface area (Å²) in [4.78, 5) is 0. The van der Waals surface area contributed by atoms with Crippen LogP contribution in [0.5, 0.6) is 5.75 Å². The molecule has 0 aliphatic rings. The van der Waals surface area contributed by atoms with Crippen LogP contribution in [0.15, 0.2) is 46.9 Å². The average molecular weight is 375 g/mol. The molecule has 0 atom stereocenters. The second-order valence-corrected chi connectivity index (χ2v) is 5.33. The van der Waals surface area contributed by atoms with Crippen LogP contribution >= 0.6 is 28.3 Å². The summed E-state index contributed by atoms with van der Waals surface area (Å²) >= 11 is 3.47. The number of benzene rings is 2. The van der Waals surface area contributed by atoms with Gasteiger partial charge in [-0.25, -0.2) is 4.39 Å². The largest absolute Gasteiger partial charge is 0.494 e. The van der Waals surface area contributed by atoms with Crippen LogP contribution in [0.2, 0.25) is 0 Å². The molecule has 0 aliphatic heterocycles. The second kappa shape index (κ2) is 9.03. The maximum Gasteiger partial charge on any atom is 0.123 e. The standard InChI is InChI=1S/C16H17BrFNO.ClH/c1-2-20-16-8-5-14(17)9-13(16)11-19-10-12-3-6-15(18)7-4-12;/h3-9,19H,2,10-11H2,1H3;1H. The van der Waals surface area contributed by atoms with Crippen molar-refractivity contribution in [1.82, 2.24) is 5.32 Å². The quantitative estimate of drug-likeness (QED) is 0.791. The molecule has 0 unspecified atom stereocenters. The van der Waals surface area contributed by atoms with Crippen LogP contribution in [0, 0.1) is 5.82 Å². The zero-order chi connectivity index (χ0) is 14.4. The molecule has 5 heteroatoms. The van der Waals surface area contributed by atoms with E-state index in [1.165, 1.54) is 12.1 Å².